The fourth-order valence-electron chi connectivity index (χ4n) is 1.82. The van der Waals surface area contributed by atoms with E-state index in [0.717, 1.165) is 10.0 Å². The summed E-state index contributed by atoms with van der Waals surface area (Å²) in [6.45, 7) is 0. The summed E-state index contributed by atoms with van der Waals surface area (Å²) in [7, 11) is 0. The van der Waals surface area contributed by atoms with Gasteiger partial charge in [-0.25, -0.2) is 4.39 Å². The number of benzene rings is 1. The Morgan fingerprint density at radius 3 is 2.71 bits per heavy atom. The Morgan fingerprint density at radius 1 is 1.43 bits per heavy atom. The van der Waals surface area contributed by atoms with E-state index in [0.29, 0.717) is 5.92 Å². The van der Waals surface area contributed by atoms with Gasteiger partial charge in [-0.05, 0) is 42.5 Å². The van der Waals surface area contributed by atoms with Crippen LogP contribution in [0.4, 0.5) is 4.39 Å². The van der Waals surface area contributed by atoms with Gasteiger partial charge in [0.15, 0.2) is 0 Å². The lowest BCUT2D eigenvalue weighted by molar-refractivity contribution is 0.263. The SMILES string of the molecule is N[C@H](c1cc(F)ccc1Br)C1CCC1. The van der Waals surface area contributed by atoms with Crippen LogP contribution in [0.3, 0.4) is 0 Å². The normalized spacial score (nSPS) is 19.1. The summed E-state index contributed by atoms with van der Waals surface area (Å²) >= 11 is 3.41. The van der Waals surface area contributed by atoms with Crippen LogP contribution in [0.25, 0.3) is 0 Å². The predicted molar refractivity (Wildman–Crippen MR) is 58.4 cm³/mol. The summed E-state index contributed by atoms with van der Waals surface area (Å²) < 4.78 is 13.9. The molecule has 0 aliphatic heterocycles. The van der Waals surface area contributed by atoms with Crippen LogP contribution in [-0.2, 0) is 0 Å². The smallest absolute Gasteiger partial charge is 0.123 e. The molecule has 0 saturated heterocycles. The maximum absolute atomic E-state index is 13.0. The van der Waals surface area contributed by atoms with Crippen molar-refractivity contribution in [3.8, 4) is 0 Å². The Labute approximate surface area is 91.6 Å². The van der Waals surface area contributed by atoms with Gasteiger partial charge < -0.3 is 5.73 Å². The maximum Gasteiger partial charge on any atom is 0.123 e. The Bertz CT molecular complexity index is 336. The van der Waals surface area contributed by atoms with Crippen LogP contribution in [-0.4, -0.2) is 0 Å². The lowest BCUT2D eigenvalue weighted by Crippen LogP contribution is -2.27. The molecular weight excluding hydrogens is 245 g/mol. The highest BCUT2D eigenvalue weighted by Gasteiger charge is 2.26. The number of nitrogens with two attached hydrogens (primary N) is 1. The molecule has 1 nitrogen and oxygen atoms in total. The molecule has 1 aromatic rings. The van der Waals surface area contributed by atoms with Gasteiger partial charge in [-0.3, -0.25) is 0 Å². The first-order valence-electron chi connectivity index (χ1n) is 4.89. The van der Waals surface area contributed by atoms with E-state index in [1.807, 2.05) is 0 Å². The van der Waals surface area contributed by atoms with Crippen LogP contribution in [0.2, 0.25) is 0 Å². The fraction of sp³-hybridized carbons (Fsp3) is 0.455. The van der Waals surface area contributed by atoms with Gasteiger partial charge in [0.2, 0.25) is 0 Å². The van der Waals surface area contributed by atoms with Crippen molar-refractivity contribution in [1.29, 1.82) is 0 Å². The minimum atomic E-state index is -0.210. The summed E-state index contributed by atoms with van der Waals surface area (Å²) in [6.07, 6.45) is 3.60. The summed E-state index contributed by atoms with van der Waals surface area (Å²) in [5.41, 5.74) is 6.97. The van der Waals surface area contributed by atoms with E-state index in [1.54, 1.807) is 6.07 Å². The molecule has 3 heteroatoms. The van der Waals surface area contributed by atoms with Gasteiger partial charge in [0.05, 0.1) is 0 Å². The van der Waals surface area contributed by atoms with Crippen molar-refractivity contribution >= 4 is 15.9 Å². The van der Waals surface area contributed by atoms with E-state index >= 15 is 0 Å². The number of hydrogen-bond donors (Lipinski definition) is 1. The van der Waals surface area contributed by atoms with Gasteiger partial charge in [-0.15, -0.1) is 0 Å². The molecule has 0 heterocycles. The third-order valence-corrected chi connectivity index (χ3v) is 3.70. The second-order valence-corrected chi connectivity index (χ2v) is 4.74. The Morgan fingerprint density at radius 2 is 2.14 bits per heavy atom. The topological polar surface area (TPSA) is 26.0 Å². The molecule has 2 N–H and O–H groups in total. The average Bonchev–Trinajstić information content (AvgIpc) is 2.06. The molecular formula is C11H13BrFN. The first kappa shape index (κ1) is 10.1. The lowest BCUT2D eigenvalue weighted by atomic mass is 9.77. The Kier molecular flexibility index (Phi) is 2.88. The molecule has 1 aliphatic rings. The van der Waals surface area contributed by atoms with Crippen molar-refractivity contribution in [2.24, 2.45) is 11.7 Å². The van der Waals surface area contributed by atoms with E-state index in [1.165, 1.54) is 31.4 Å². The molecule has 1 saturated carbocycles. The van der Waals surface area contributed by atoms with Crippen LogP contribution >= 0.6 is 15.9 Å². The Hall–Kier alpha value is -0.410. The van der Waals surface area contributed by atoms with Crippen LogP contribution in [0.5, 0.6) is 0 Å². The van der Waals surface area contributed by atoms with E-state index in [4.69, 9.17) is 5.73 Å². The summed E-state index contributed by atoms with van der Waals surface area (Å²) in [5, 5.41) is 0. The van der Waals surface area contributed by atoms with Gasteiger partial charge in [-0.1, -0.05) is 22.4 Å². The van der Waals surface area contributed by atoms with Crippen LogP contribution in [0.15, 0.2) is 22.7 Å². The first-order chi connectivity index (χ1) is 6.68. The molecule has 0 amide bonds. The van der Waals surface area contributed by atoms with E-state index in [-0.39, 0.29) is 11.9 Å². The molecule has 0 spiro atoms. The van der Waals surface area contributed by atoms with Crippen LogP contribution < -0.4 is 5.73 Å². The van der Waals surface area contributed by atoms with Gasteiger partial charge in [0, 0.05) is 10.5 Å². The zero-order valence-electron chi connectivity index (χ0n) is 7.84. The van der Waals surface area contributed by atoms with E-state index in [9.17, 15) is 4.39 Å². The van der Waals surface area contributed by atoms with Crippen LogP contribution in [0, 0.1) is 11.7 Å². The largest absolute Gasteiger partial charge is 0.324 e. The minimum absolute atomic E-state index is 0.0196. The van der Waals surface area contributed by atoms with E-state index in [2.05, 4.69) is 15.9 Å². The summed E-state index contributed by atoms with van der Waals surface area (Å²) in [5.74, 6) is 0.325. The van der Waals surface area contributed by atoms with Crippen LogP contribution in [0.1, 0.15) is 30.9 Å². The number of rotatable bonds is 2. The van der Waals surface area contributed by atoms with Crippen molar-refractivity contribution in [2.75, 3.05) is 0 Å². The van der Waals surface area contributed by atoms with Crippen molar-refractivity contribution in [3.05, 3.63) is 34.1 Å². The van der Waals surface area contributed by atoms with Crippen molar-refractivity contribution in [2.45, 2.75) is 25.3 Å². The molecule has 14 heavy (non-hydrogen) atoms. The fourth-order valence-corrected chi connectivity index (χ4v) is 2.33. The second kappa shape index (κ2) is 3.99. The molecule has 0 aromatic heterocycles. The standard InChI is InChI=1S/C11H13BrFN/c12-10-5-4-8(13)6-9(10)11(14)7-2-1-3-7/h4-7,11H,1-3,14H2/t11-/m0/s1. The molecule has 1 atom stereocenters. The maximum atomic E-state index is 13.0. The van der Waals surface area contributed by atoms with Crippen molar-refractivity contribution < 1.29 is 4.39 Å². The summed E-state index contributed by atoms with van der Waals surface area (Å²) in [6, 6.07) is 4.69. The minimum Gasteiger partial charge on any atom is -0.324 e. The number of halogens is 2. The number of hydrogen-bond acceptors (Lipinski definition) is 1. The highest BCUT2D eigenvalue weighted by Crippen LogP contribution is 2.38. The first-order valence-corrected chi connectivity index (χ1v) is 5.68. The highest BCUT2D eigenvalue weighted by molar-refractivity contribution is 9.10. The molecule has 0 bridgehead atoms. The van der Waals surface area contributed by atoms with Gasteiger partial charge in [0.1, 0.15) is 5.82 Å². The molecule has 0 unspecified atom stereocenters. The summed E-state index contributed by atoms with van der Waals surface area (Å²) in [4.78, 5) is 0. The van der Waals surface area contributed by atoms with E-state index < -0.39 is 0 Å². The molecule has 76 valence electrons. The zero-order valence-corrected chi connectivity index (χ0v) is 9.43. The third-order valence-electron chi connectivity index (χ3n) is 2.97. The van der Waals surface area contributed by atoms with Crippen molar-refractivity contribution in [3.63, 3.8) is 0 Å². The molecule has 1 fully saturated rings. The van der Waals surface area contributed by atoms with Gasteiger partial charge in [0.25, 0.3) is 0 Å². The highest BCUT2D eigenvalue weighted by atomic mass is 79.9. The monoisotopic (exact) mass is 257 g/mol. The lowest BCUT2D eigenvalue weighted by Gasteiger charge is -2.31. The quantitative estimate of drug-likeness (QED) is 0.864. The molecule has 1 aliphatic carbocycles. The Balaban J connectivity index is 2.24. The molecule has 0 radical (unpaired) electrons. The van der Waals surface area contributed by atoms with Gasteiger partial charge in [-0.2, -0.15) is 0 Å². The second-order valence-electron chi connectivity index (χ2n) is 3.88. The molecule has 1 aromatic carbocycles. The van der Waals surface area contributed by atoms with Gasteiger partial charge >= 0.3 is 0 Å². The predicted octanol–water partition coefficient (Wildman–Crippen LogP) is 3.39. The third kappa shape index (κ3) is 1.84. The zero-order chi connectivity index (χ0) is 10.1. The van der Waals surface area contributed by atoms with Crippen molar-refractivity contribution in [1.82, 2.24) is 0 Å². The average molecular weight is 258 g/mol. The molecule has 2 rings (SSSR count).